The van der Waals surface area contributed by atoms with Crippen LogP contribution in [0.3, 0.4) is 0 Å². The average molecular weight is 575 g/mol. The molecule has 14 heteroatoms. The first kappa shape index (κ1) is 29.0. The van der Waals surface area contributed by atoms with E-state index in [0.29, 0.717) is 12.1 Å². The molecule has 1 atom stereocenters. The quantitative estimate of drug-likeness (QED) is 0.171. The molecule has 2 amide bonds. The van der Waals surface area contributed by atoms with Crippen LogP contribution in [0, 0.1) is 0 Å². The summed E-state index contributed by atoms with van der Waals surface area (Å²) in [5.41, 5.74) is -2.47. The van der Waals surface area contributed by atoms with Gasteiger partial charge in [-0.05, 0) is 48.9 Å². The van der Waals surface area contributed by atoms with Gasteiger partial charge in [0, 0.05) is 10.9 Å². The SMILES string of the molecule is C/C(=N\NC(=O)C(NC(=O)c1ccccc1)c1n[nH]c(=O)c2ccccc12)c1cc(C(F)(F)F)cc(C(F)(F)F)c1. The van der Waals surface area contributed by atoms with Crippen LogP contribution < -0.4 is 16.3 Å². The van der Waals surface area contributed by atoms with Crippen molar-refractivity contribution in [3.8, 4) is 0 Å². The molecular formula is C27H19F6N5O3. The number of fused-ring (bicyclic) bond motifs is 1. The van der Waals surface area contributed by atoms with Gasteiger partial charge in [0.25, 0.3) is 17.4 Å². The third kappa shape index (κ3) is 6.59. The van der Waals surface area contributed by atoms with Crippen LogP contribution in [0.15, 0.2) is 82.7 Å². The number of halogens is 6. The Labute approximate surface area is 227 Å². The summed E-state index contributed by atoms with van der Waals surface area (Å²) < 4.78 is 79.7. The second-order valence-corrected chi connectivity index (χ2v) is 8.72. The largest absolute Gasteiger partial charge is 0.416 e. The lowest BCUT2D eigenvalue weighted by molar-refractivity contribution is -0.143. The Morgan fingerprint density at radius 2 is 1.39 bits per heavy atom. The lowest BCUT2D eigenvalue weighted by Gasteiger charge is -2.18. The van der Waals surface area contributed by atoms with Crippen molar-refractivity contribution in [2.45, 2.75) is 25.3 Å². The van der Waals surface area contributed by atoms with E-state index < -0.39 is 52.5 Å². The normalized spacial score (nSPS) is 13.1. The van der Waals surface area contributed by atoms with Crippen molar-refractivity contribution >= 4 is 28.3 Å². The summed E-state index contributed by atoms with van der Waals surface area (Å²) in [7, 11) is 0. The Hall–Kier alpha value is -5.01. The van der Waals surface area contributed by atoms with Gasteiger partial charge in [0.2, 0.25) is 0 Å². The first-order chi connectivity index (χ1) is 19.3. The highest BCUT2D eigenvalue weighted by molar-refractivity contribution is 6.01. The predicted molar refractivity (Wildman–Crippen MR) is 136 cm³/mol. The zero-order chi connectivity index (χ0) is 29.9. The summed E-state index contributed by atoms with van der Waals surface area (Å²) in [5.74, 6) is -1.75. The summed E-state index contributed by atoms with van der Waals surface area (Å²) in [4.78, 5) is 38.5. The van der Waals surface area contributed by atoms with Crippen molar-refractivity contribution in [2.75, 3.05) is 0 Å². The molecule has 0 radical (unpaired) electrons. The number of rotatable bonds is 6. The summed E-state index contributed by atoms with van der Waals surface area (Å²) in [6.07, 6.45) is -10.2. The third-order valence-electron chi connectivity index (χ3n) is 5.91. The van der Waals surface area contributed by atoms with Crippen LogP contribution in [0.5, 0.6) is 0 Å². The van der Waals surface area contributed by atoms with Crippen LogP contribution >= 0.6 is 0 Å². The van der Waals surface area contributed by atoms with Gasteiger partial charge in [-0.1, -0.05) is 36.4 Å². The number of alkyl halides is 6. The minimum absolute atomic E-state index is 0.0303. The van der Waals surface area contributed by atoms with Crippen molar-refractivity contribution in [1.29, 1.82) is 0 Å². The zero-order valence-corrected chi connectivity index (χ0v) is 20.9. The van der Waals surface area contributed by atoms with Crippen molar-refractivity contribution in [3.63, 3.8) is 0 Å². The van der Waals surface area contributed by atoms with Gasteiger partial charge in [0.1, 0.15) is 5.69 Å². The second-order valence-electron chi connectivity index (χ2n) is 8.72. The molecule has 212 valence electrons. The smallest absolute Gasteiger partial charge is 0.335 e. The number of aromatic nitrogens is 2. The number of hydrogen-bond donors (Lipinski definition) is 3. The highest BCUT2D eigenvalue weighted by Gasteiger charge is 2.37. The maximum Gasteiger partial charge on any atom is 0.416 e. The molecule has 3 N–H and O–H groups in total. The lowest BCUT2D eigenvalue weighted by atomic mass is 10.0. The standard InChI is InChI=1S/C27H19F6N5O3/c1-14(16-11-17(26(28,29)30)13-18(12-16)27(31,32)33)35-38-25(41)22(34-23(39)15-7-3-2-4-8-15)21-19-9-5-6-10-20(19)24(40)37-36-21/h2-13,22H,1H3,(H,34,39)(H,37,40)(H,38,41)/b35-14+. The van der Waals surface area contributed by atoms with E-state index in [-0.39, 0.29) is 33.8 Å². The zero-order valence-electron chi connectivity index (χ0n) is 20.9. The molecule has 1 unspecified atom stereocenters. The van der Waals surface area contributed by atoms with Crippen molar-refractivity contribution in [2.24, 2.45) is 5.10 Å². The van der Waals surface area contributed by atoms with E-state index in [4.69, 9.17) is 0 Å². The van der Waals surface area contributed by atoms with Crippen molar-refractivity contribution in [3.05, 3.63) is 111 Å². The number of carbonyl (C=O) groups is 2. The Morgan fingerprint density at radius 3 is 1.98 bits per heavy atom. The van der Waals surface area contributed by atoms with E-state index >= 15 is 0 Å². The lowest BCUT2D eigenvalue weighted by Crippen LogP contribution is -2.40. The van der Waals surface area contributed by atoms with E-state index in [1.165, 1.54) is 24.3 Å². The molecule has 8 nitrogen and oxygen atoms in total. The molecule has 0 aliphatic heterocycles. The molecule has 0 spiro atoms. The molecular weight excluding hydrogens is 556 g/mol. The molecule has 3 aromatic carbocycles. The summed E-state index contributed by atoms with van der Waals surface area (Å²) in [6.45, 7) is 1.10. The number of hydrazone groups is 1. The predicted octanol–water partition coefficient (Wildman–Crippen LogP) is 4.97. The van der Waals surface area contributed by atoms with Crippen LogP contribution in [-0.2, 0) is 17.1 Å². The molecule has 4 aromatic rings. The van der Waals surface area contributed by atoms with Gasteiger partial charge < -0.3 is 5.32 Å². The number of benzene rings is 3. The monoisotopic (exact) mass is 575 g/mol. The van der Waals surface area contributed by atoms with E-state index in [2.05, 4.69) is 26.0 Å². The number of carbonyl (C=O) groups excluding carboxylic acids is 2. The molecule has 41 heavy (non-hydrogen) atoms. The van der Waals surface area contributed by atoms with Crippen LogP contribution in [0.25, 0.3) is 10.8 Å². The van der Waals surface area contributed by atoms with Crippen LogP contribution in [-0.4, -0.2) is 27.7 Å². The third-order valence-corrected chi connectivity index (χ3v) is 5.91. The van der Waals surface area contributed by atoms with Crippen LogP contribution in [0.1, 0.15) is 45.7 Å². The molecule has 1 heterocycles. The van der Waals surface area contributed by atoms with E-state index in [0.717, 1.165) is 6.92 Å². The fourth-order valence-corrected chi connectivity index (χ4v) is 3.85. The Bertz CT molecular complexity index is 1670. The van der Waals surface area contributed by atoms with Gasteiger partial charge >= 0.3 is 12.4 Å². The topological polar surface area (TPSA) is 116 Å². The summed E-state index contributed by atoms with van der Waals surface area (Å²) in [6, 6.07) is 13.1. The minimum atomic E-state index is -5.08. The van der Waals surface area contributed by atoms with Gasteiger partial charge in [-0.2, -0.15) is 36.5 Å². The molecule has 0 saturated heterocycles. The Morgan fingerprint density at radius 1 is 0.829 bits per heavy atom. The number of nitrogens with zero attached hydrogens (tertiary/aromatic N) is 2. The van der Waals surface area contributed by atoms with Gasteiger partial charge in [-0.15, -0.1) is 0 Å². The summed E-state index contributed by atoms with van der Waals surface area (Å²) in [5, 5.41) is 12.7. The number of aromatic amines is 1. The molecule has 0 bridgehead atoms. The summed E-state index contributed by atoms with van der Waals surface area (Å²) >= 11 is 0. The van der Waals surface area contributed by atoms with Gasteiger partial charge in [0.05, 0.1) is 22.2 Å². The number of H-pyrrole nitrogens is 1. The molecule has 1 aromatic heterocycles. The highest BCUT2D eigenvalue weighted by Crippen LogP contribution is 2.36. The number of hydrogen-bond acceptors (Lipinski definition) is 5. The molecule has 0 fully saturated rings. The average Bonchev–Trinajstić information content (AvgIpc) is 2.94. The molecule has 0 aliphatic rings. The maximum absolute atomic E-state index is 13.3. The maximum atomic E-state index is 13.3. The Balaban J connectivity index is 1.72. The molecule has 0 aliphatic carbocycles. The fourth-order valence-electron chi connectivity index (χ4n) is 3.85. The fraction of sp³-hybridized carbons (Fsp3) is 0.148. The minimum Gasteiger partial charge on any atom is -0.335 e. The van der Waals surface area contributed by atoms with Gasteiger partial charge in [-0.3, -0.25) is 14.4 Å². The first-order valence-corrected chi connectivity index (χ1v) is 11.7. The highest BCUT2D eigenvalue weighted by atomic mass is 19.4. The number of nitrogens with one attached hydrogen (secondary N) is 3. The van der Waals surface area contributed by atoms with E-state index in [1.54, 1.807) is 30.3 Å². The van der Waals surface area contributed by atoms with E-state index in [1.807, 2.05) is 0 Å². The first-order valence-electron chi connectivity index (χ1n) is 11.7. The van der Waals surface area contributed by atoms with Crippen molar-refractivity contribution < 1.29 is 35.9 Å². The van der Waals surface area contributed by atoms with Crippen molar-refractivity contribution in [1.82, 2.24) is 20.9 Å². The van der Waals surface area contributed by atoms with Crippen LogP contribution in [0.4, 0.5) is 26.3 Å². The van der Waals surface area contributed by atoms with E-state index in [9.17, 15) is 40.7 Å². The molecule has 4 rings (SSSR count). The molecule has 0 saturated carbocycles. The second kappa shape index (κ2) is 11.2. The van der Waals surface area contributed by atoms with Crippen LogP contribution in [0.2, 0.25) is 0 Å². The Kier molecular flexibility index (Phi) is 7.94. The number of amides is 2. The van der Waals surface area contributed by atoms with Gasteiger partial charge in [0.15, 0.2) is 6.04 Å². The van der Waals surface area contributed by atoms with Gasteiger partial charge in [-0.25, -0.2) is 10.5 Å².